The molecule has 3 heteroatoms. The van der Waals surface area contributed by atoms with Crippen molar-refractivity contribution in [2.45, 2.75) is 26.9 Å². The molecule has 0 aliphatic heterocycles. The molecule has 1 aromatic carbocycles. The van der Waals surface area contributed by atoms with Crippen molar-refractivity contribution in [3.63, 3.8) is 0 Å². The molecule has 1 heterocycles. The van der Waals surface area contributed by atoms with Gasteiger partial charge in [0.15, 0.2) is 0 Å². The van der Waals surface area contributed by atoms with Crippen LogP contribution in [0.15, 0.2) is 23.6 Å². The first-order valence-electron chi connectivity index (χ1n) is 5.25. The molecule has 16 heavy (non-hydrogen) atoms. The van der Waals surface area contributed by atoms with Crippen LogP contribution in [0, 0.1) is 20.8 Å². The lowest BCUT2D eigenvalue weighted by Gasteiger charge is -2.10. The Labute approximate surface area is 99.6 Å². The second-order valence-electron chi connectivity index (χ2n) is 4.04. The monoisotopic (exact) mass is 233 g/mol. The van der Waals surface area contributed by atoms with Crippen LogP contribution >= 0.6 is 11.3 Å². The van der Waals surface area contributed by atoms with Crippen molar-refractivity contribution in [3.8, 4) is 0 Å². The molecule has 1 aromatic heterocycles. The zero-order valence-corrected chi connectivity index (χ0v) is 10.5. The average Bonchev–Trinajstić information content (AvgIpc) is 2.68. The maximum Gasteiger partial charge on any atom is 0.122 e. The molecular weight excluding hydrogens is 218 g/mol. The minimum absolute atomic E-state index is 0.607. The number of hydrogen-bond donors (Lipinski definition) is 1. The predicted octanol–water partition coefficient (Wildman–Crippen LogP) is 3.15. The van der Waals surface area contributed by atoms with E-state index in [2.05, 4.69) is 18.8 Å². The summed E-state index contributed by atoms with van der Waals surface area (Å²) in [6.45, 7) is 6.07. The van der Waals surface area contributed by atoms with E-state index < -0.39 is 6.10 Å². The summed E-state index contributed by atoms with van der Waals surface area (Å²) in [5.41, 5.74) is 4.09. The largest absolute Gasteiger partial charge is 0.382 e. The number of rotatable bonds is 2. The summed E-state index contributed by atoms with van der Waals surface area (Å²) < 4.78 is 0. The molecule has 0 bridgehead atoms. The predicted molar refractivity (Wildman–Crippen MR) is 66.8 cm³/mol. The van der Waals surface area contributed by atoms with E-state index >= 15 is 0 Å². The van der Waals surface area contributed by atoms with Gasteiger partial charge in [0.2, 0.25) is 0 Å². The maximum atomic E-state index is 10.2. The number of benzene rings is 1. The van der Waals surface area contributed by atoms with Crippen LogP contribution in [0.1, 0.15) is 33.5 Å². The van der Waals surface area contributed by atoms with Gasteiger partial charge in [-0.3, -0.25) is 0 Å². The van der Waals surface area contributed by atoms with Gasteiger partial charge in [-0.25, -0.2) is 4.98 Å². The third-order valence-electron chi connectivity index (χ3n) is 2.76. The van der Waals surface area contributed by atoms with Crippen LogP contribution in [0.5, 0.6) is 0 Å². The topological polar surface area (TPSA) is 33.1 Å². The lowest BCUT2D eigenvalue weighted by Crippen LogP contribution is -2.01. The molecular formula is C13H15NOS. The highest BCUT2D eigenvalue weighted by molar-refractivity contribution is 7.09. The Balaban J connectivity index is 2.33. The average molecular weight is 233 g/mol. The first-order chi connectivity index (χ1) is 7.58. The van der Waals surface area contributed by atoms with Crippen molar-refractivity contribution in [3.05, 3.63) is 51.0 Å². The highest BCUT2D eigenvalue weighted by atomic mass is 32.1. The summed E-state index contributed by atoms with van der Waals surface area (Å²) in [4.78, 5) is 4.31. The molecule has 0 spiro atoms. The summed E-state index contributed by atoms with van der Waals surface area (Å²) >= 11 is 1.56. The Kier molecular flexibility index (Phi) is 3.08. The molecule has 84 valence electrons. The van der Waals surface area contributed by atoms with Gasteiger partial charge in [0, 0.05) is 5.38 Å². The fourth-order valence-electron chi connectivity index (χ4n) is 1.61. The second kappa shape index (κ2) is 4.36. The molecule has 2 aromatic rings. The van der Waals surface area contributed by atoms with Gasteiger partial charge in [0.05, 0.1) is 10.7 Å². The van der Waals surface area contributed by atoms with Gasteiger partial charge >= 0.3 is 0 Å². The summed E-state index contributed by atoms with van der Waals surface area (Å²) in [5, 5.41) is 13.1. The van der Waals surface area contributed by atoms with E-state index in [0.717, 1.165) is 16.3 Å². The van der Waals surface area contributed by atoms with Gasteiger partial charge in [-0.15, -0.1) is 11.3 Å². The molecule has 0 saturated heterocycles. The zero-order valence-electron chi connectivity index (χ0n) is 9.69. The summed E-state index contributed by atoms with van der Waals surface area (Å²) in [7, 11) is 0. The molecule has 0 aliphatic carbocycles. The smallest absolute Gasteiger partial charge is 0.122 e. The van der Waals surface area contributed by atoms with Crippen molar-refractivity contribution < 1.29 is 5.11 Å². The molecule has 0 aliphatic rings. The van der Waals surface area contributed by atoms with Gasteiger partial charge in [-0.2, -0.15) is 0 Å². The summed E-state index contributed by atoms with van der Waals surface area (Å²) in [6.07, 6.45) is -0.607. The number of thiazole rings is 1. The van der Waals surface area contributed by atoms with E-state index in [4.69, 9.17) is 0 Å². The minimum Gasteiger partial charge on any atom is -0.382 e. The first-order valence-corrected chi connectivity index (χ1v) is 6.13. The quantitative estimate of drug-likeness (QED) is 0.864. The summed E-state index contributed by atoms with van der Waals surface area (Å²) in [5.74, 6) is 0. The number of hydrogen-bond acceptors (Lipinski definition) is 3. The molecule has 2 nitrogen and oxygen atoms in total. The Morgan fingerprint density at radius 2 is 1.94 bits per heavy atom. The van der Waals surface area contributed by atoms with E-state index in [1.165, 1.54) is 11.1 Å². The highest BCUT2D eigenvalue weighted by Gasteiger charge is 2.13. The Morgan fingerprint density at radius 3 is 2.50 bits per heavy atom. The molecule has 2 rings (SSSR count). The van der Waals surface area contributed by atoms with Crippen molar-refractivity contribution in [1.82, 2.24) is 4.98 Å². The molecule has 0 saturated carbocycles. The maximum absolute atomic E-state index is 10.2. The number of aliphatic hydroxyl groups is 1. The summed E-state index contributed by atoms with van der Waals surface area (Å²) in [6, 6.07) is 6.02. The lowest BCUT2D eigenvalue weighted by atomic mass is 10.0. The van der Waals surface area contributed by atoms with Crippen molar-refractivity contribution in [2.24, 2.45) is 0 Å². The van der Waals surface area contributed by atoms with Gasteiger partial charge in [0.1, 0.15) is 6.10 Å². The SMILES string of the molecule is Cc1nc(C(O)c2ccc(C)c(C)c2)cs1. The van der Waals surface area contributed by atoms with Gasteiger partial charge in [-0.05, 0) is 37.5 Å². The van der Waals surface area contributed by atoms with Crippen molar-refractivity contribution in [1.29, 1.82) is 0 Å². The van der Waals surface area contributed by atoms with Gasteiger partial charge in [-0.1, -0.05) is 18.2 Å². The standard InChI is InChI=1S/C13H15NOS/c1-8-4-5-11(6-9(8)2)13(15)12-7-16-10(3)14-12/h4-7,13,15H,1-3H3. The second-order valence-corrected chi connectivity index (χ2v) is 5.10. The molecule has 0 radical (unpaired) electrons. The Hall–Kier alpha value is -1.19. The normalized spacial score (nSPS) is 12.8. The third kappa shape index (κ3) is 2.15. The Bertz CT molecular complexity index is 504. The molecule has 0 amide bonds. The minimum atomic E-state index is -0.607. The number of aliphatic hydroxyl groups excluding tert-OH is 1. The number of aryl methyl sites for hydroxylation is 3. The van der Waals surface area contributed by atoms with E-state index in [9.17, 15) is 5.11 Å². The van der Waals surface area contributed by atoms with Crippen LogP contribution in [0.4, 0.5) is 0 Å². The van der Waals surface area contributed by atoms with Gasteiger partial charge in [0.25, 0.3) is 0 Å². The molecule has 1 N–H and O–H groups in total. The van der Waals surface area contributed by atoms with Crippen LogP contribution in [-0.4, -0.2) is 10.1 Å². The van der Waals surface area contributed by atoms with Crippen LogP contribution in [-0.2, 0) is 0 Å². The zero-order chi connectivity index (χ0) is 11.7. The van der Waals surface area contributed by atoms with E-state index in [0.29, 0.717) is 0 Å². The van der Waals surface area contributed by atoms with Crippen LogP contribution in [0.3, 0.4) is 0 Å². The van der Waals surface area contributed by atoms with Gasteiger partial charge < -0.3 is 5.11 Å². The molecule has 1 atom stereocenters. The third-order valence-corrected chi connectivity index (χ3v) is 3.56. The van der Waals surface area contributed by atoms with E-state index in [1.54, 1.807) is 11.3 Å². The number of aromatic nitrogens is 1. The van der Waals surface area contributed by atoms with Crippen molar-refractivity contribution >= 4 is 11.3 Å². The van der Waals surface area contributed by atoms with Crippen LogP contribution < -0.4 is 0 Å². The van der Waals surface area contributed by atoms with E-state index in [-0.39, 0.29) is 0 Å². The van der Waals surface area contributed by atoms with Crippen molar-refractivity contribution in [2.75, 3.05) is 0 Å². The molecule has 1 unspecified atom stereocenters. The van der Waals surface area contributed by atoms with Crippen LogP contribution in [0.2, 0.25) is 0 Å². The molecule has 0 fully saturated rings. The van der Waals surface area contributed by atoms with Crippen LogP contribution in [0.25, 0.3) is 0 Å². The fraction of sp³-hybridized carbons (Fsp3) is 0.308. The lowest BCUT2D eigenvalue weighted by molar-refractivity contribution is 0.216. The fourth-order valence-corrected chi connectivity index (χ4v) is 2.24. The first kappa shape index (κ1) is 11.3. The Morgan fingerprint density at radius 1 is 1.19 bits per heavy atom. The number of nitrogens with zero attached hydrogens (tertiary/aromatic N) is 1. The highest BCUT2D eigenvalue weighted by Crippen LogP contribution is 2.24. The van der Waals surface area contributed by atoms with E-state index in [1.807, 2.05) is 30.5 Å².